The van der Waals surface area contributed by atoms with Crippen molar-refractivity contribution in [2.75, 3.05) is 0 Å². The van der Waals surface area contributed by atoms with Crippen LogP contribution in [0.15, 0.2) is 5.10 Å². The number of hydrazone groups is 1. The fourth-order valence-electron chi connectivity index (χ4n) is 0.482. The van der Waals surface area contributed by atoms with Crippen molar-refractivity contribution in [1.82, 2.24) is 5.43 Å². The molecule has 0 heterocycles. The van der Waals surface area contributed by atoms with Crippen LogP contribution in [0.5, 0.6) is 0 Å². The van der Waals surface area contributed by atoms with E-state index in [0.29, 0.717) is 5.71 Å². The zero-order valence-electron chi connectivity index (χ0n) is 7.35. The second kappa shape index (κ2) is 6.23. The van der Waals surface area contributed by atoms with Gasteiger partial charge in [0.15, 0.2) is 0 Å². The molecular formula is C8H13N3O. The SMILES string of the molecule is CCCC#C/C(C)=N/NC(N)=O. The minimum Gasteiger partial charge on any atom is -0.350 e. The molecule has 66 valence electrons. The molecule has 3 N–H and O–H groups in total. The van der Waals surface area contributed by atoms with Gasteiger partial charge >= 0.3 is 6.03 Å². The first-order valence-corrected chi connectivity index (χ1v) is 3.75. The fraction of sp³-hybridized carbons (Fsp3) is 0.500. The Morgan fingerprint density at radius 2 is 2.33 bits per heavy atom. The molecule has 0 aromatic carbocycles. The summed E-state index contributed by atoms with van der Waals surface area (Å²) in [4.78, 5) is 10.2. The monoisotopic (exact) mass is 167 g/mol. The van der Waals surface area contributed by atoms with Crippen molar-refractivity contribution in [1.29, 1.82) is 0 Å². The third-order valence-corrected chi connectivity index (χ3v) is 0.978. The summed E-state index contributed by atoms with van der Waals surface area (Å²) in [7, 11) is 0. The highest BCUT2D eigenvalue weighted by Gasteiger charge is 1.86. The summed E-state index contributed by atoms with van der Waals surface area (Å²) in [6.45, 7) is 3.75. The van der Waals surface area contributed by atoms with E-state index in [2.05, 4.69) is 22.4 Å². The molecule has 0 radical (unpaired) electrons. The molecule has 12 heavy (non-hydrogen) atoms. The van der Waals surface area contributed by atoms with Crippen LogP contribution in [0.2, 0.25) is 0 Å². The molecule has 4 nitrogen and oxygen atoms in total. The van der Waals surface area contributed by atoms with Crippen molar-refractivity contribution in [2.45, 2.75) is 26.7 Å². The highest BCUT2D eigenvalue weighted by Crippen LogP contribution is 1.81. The first kappa shape index (κ1) is 10.5. The second-order valence-corrected chi connectivity index (χ2v) is 2.23. The molecule has 0 atom stereocenters. The molecule has 0 aliphatic carbocycles. The normalized spacial score (nSPS) is 10.0. The molecule has 0 aromatic rings. The Labute approximate surface area is 72.2 Å². The number of unbranched alkanes of at least 4 members (excludes halogenated alkanes) is 1. The topological polar surface area (TPSA) is 67.5 Å². The van der Waals surface area contributed by atoms with E-state index in [4.69, 9.17) is 5.73 Å². The Bertz CT molecular complexity index is 234. The average Bonchev–Trinajstić information content (AvgIpc) is 2.01. The van der Waals surface area contributed by atoms with Gasteiger partial charge in [-0.2, -0.15) is 5.10 Å². The predicted molar refractivity (Wildman–Crippen MR) is 48.5 cm³/mol. The van der Waals surface area contributed by atoms with Gasteiger partial charge in [-0.25, -0.2) is 10.2 Å². The molecule has 0 aliphatic heterocycles. The van der Waals surface area contributed by atoms with Crippen LogP contribution in [-0.4, -0.2) is 11.7 Å². The summed E-state index contributed by atoms with van der Waals surface area (Å²) in [6.07, 6.45) is 1.85. The maximum Gasteiger partial charge on any atom is 0.332 e. The maximum atomic E-state index is 10.2. The highest BCUT2D eigenvalue weighted by molar-refractivity contribution is 5.98. The number of nitrogens with zero attached hydrogens (tertiary/aromatic N) is 1. The van der Waals surface area contributed by atoms with E-state index in [1.165, 1.54) is 0 Å². The Morgan fingerprint density at radius 1 is 1.67 bits per heavy atom. The van der Waals surface area contributed by atoms with Crippen LogP contribution in [0.1, 0.15) is 26.7 Å². The van der Waals surface area contributed by atoms with E-state index in [-0.39, 0.29) is 0 Å². The number of nitrogens with one attached hydrogen (secondary N) is 1. The minimum absolute atomic E-state index is 0.558. The van der Waals surface area contributed by atoms with Gasteiger partial charge < -0.3 is 5.73 Å². The van der Waals surface area contributed by atoms with Gasteiger partial charge in [0.1, 0.15) is 5.71 Å². The Hall–Kier alpha value is -1.50. The van der Waals surface area contributed by atoms with E-state index in [1.807, 2.05) is 6.92 Å². The van der Waals surface area contributed by atoms with Crippen molar-refractivity contribution in [3.05, 3.63) is 0 Å². The third-order valence-electron chi connectivity index (χ3n) is 0.978. The van der Waals surface area contributed by atoms with Gasteiger partial charge in [0, 0.05) is 6.42 Å². The molecule has 0 aromatic heterocycles. The average molecular weight is 167 g/mol. The van der Waals surface area contributed by atoms with Crippen molar-refractivity contribution in [3.63, 3.8) is 0 Å². The van der Waals surface area contributed by atoms with Gasteiger partial charge in [0.2, 0.25) is 0 Å². The Morgan fingerprint density at radius 3 is 2.83 bits per heavy atom. The van der Waals surface area contributed by atoms with E-state index in [0.717, 1.165) is 12.8 Å². The lowest BCUT2D eigenvalue weighted by Crippen LogP contribution is -2.25. The standard InChI is InChI=1S/C8H13N3O/c1-3-4-5-6-7(2)10-11-8(9)12/h3-4H2,1-2H3,(H3,9,11,12)/b10-7+. The van der Waals surface area contributed by atoms with Crippen LogP contribution in [0, 0.1) is 11.8 Å². The van der Waals surface area contributed by atoms with Crippen LogP contribution in [0.25, 0.3) is 0 Å². The van der Waals surface area contributed by atoms with Crippen LogP contribution in [0.4, 0.5) is 4.79 Å². The van der Waals surface area contributed by atoms with Crippen molar-refractivity contribution < 1.29 is 4.79 Å². The van der Waals surface area contributed by atoms with Crippen molar-refractivity contribution in [2.24, 2.45) is 10.8 Å². The first-order valence-electron chi connectivity index (χ1n) is 3.75. The number of carbonyl (C=O) groups excluding carboxylic acids is 1. The molecule has 0 rings (SSSR count). The summed E-state index contributed by atoms with van der Waals surface area (Å²) in [5, 5.41) is 3.61. The molecule has 0 fully saturated rings. The Balaban J connectivity index is 3.87. The molecule has 0 saturated heterocycles. The van der Waals surface area contributed by atoms with Gasteiger partial charge in [-0.3, -0.25) is 0 Å². The molecular weight excluding hydrogens is 154 g/mol. The smallest absolute Gasteiger partial charge is 0.332 e. The van der Waals surface area contributed by atoms with Crippen LogP contribution in [-0.2, 0) is 0 Å². The Kier molecular flexibility index (Phi) is 5.45. The number of carbonyl (C=O) groups is 1. The zero-order valence-corrected chi connectivity index (χ0v) is 7.35. The van der Waals surface area contributed by atoms with Gasteiger partial charge in [0.05, 0.1) is 0 Å². The van der Waals surface area contributed by atoms with Gasteiger partial charge in [-0.1, -0.05) is 12.8 Å². The quantitative estimate of drug-likeness (QED) is 0.357. The number of amides is 2. The number of urea groups is 1. The lowest BCUT2D eigenvalue weighted by Gasteiger charge is -1.90. The van der Waals surface area contributed by atoms with Crippen LogP contribution < -0.4 is 11.2 Å². The largest absolute Gasteiger partial charge is 0.350 e. The first-order chi connectivity index (χ1) is 5.66. The van der Waals surface area contributed by atoms with E-state index in [9.17, 15) is 4.79 Å². The fourth-order valence-corrected chi connectivity index (χ4v) is 0.482. The number of hydrogen-bond donors (Lipinski definition) is 2. The predicted octanol–water partition coefficient (Wildman–Crippen LogP) is 0.834. The zero-order chi connectivity index (χ0) is 9.40. The molecule has 0 saturated carbocycles. The molecule has 0 spiro atoms. The molecule has 0 bridgehead atoms. The molecule has 0 aliphatic rings. The summed E-state index contributed by atoms with van der Waals surface area (Å²) < 4.78 is 0. The van der Waals surface area contributed by atoms with E-state index in [1.54, 1.807) is 6.92 Å². The van der Waals surface area contributed by atoms with E-state index >= 15 is 0 Å². The van der Waals surface area contributed by atoms with Crippen LogP contribution in [0.3, 0.4) is 0 Å². The summed E-state index contributed by atoms with van der Waals surface area (Å²) in [5.74, 6) is 5.65. The molecule has 2 amide bonds. The highest BCUT2D eigenvalue weighted by atomic mass is 16.2. The summed E-state index contributed by atoms with van der Waals surface area (Å²) in [6, 6.07) is -0.674. The molecule has 4 heteroatoms. The number of hydrogen-bond acceptors (Lipinski definition) is 2. The number of primary amides is 1. The van der Waals surface area contributed by atoms with E-state index < -0.39 is 6.03 Å². The maximum absolute atomic E-state index is 10.2. The van der Waals surface area contributed by atoms with Crippen LogP contribution >= 0.6 is 0 Å². The lowest BCUT2D eigenvalue weighted by atomic mass is 10.3. The van der Waals surface area contributed by atoms with Crippen molar-refractivity contribution in [3.8, 4) is 11.8 Å². The summed E-state index contributed by atoms with van der Waals surface area (Å²) in [5.41, 5.74) is 7.44. The summed E-state index contributed by atoms with van der Waals surface area (Å²) >= 11 is 0. The van der Waals surface area contributed by atoms with Gasteiger partial charge in [0.25, 0.3) is 0 Å². The molecule has 0 unspecified atom stereocenters. The lowest BCUT2D eigenvalue weighted by molar-refractivity contribution is 0.249. The third kappa shape index (κ3) is 6.62. The van der Waals surface area contributed by atoms with Gasteiger partial charge in [-0.05, 0) is 19.3 Å². The van der Waals surface area contributed by atoms with Gasteiger partial charge in [-0.15, -0.1) is 0 Å². The number of rotatable bonds is 2. The second-order valence-electron chi connectivity index (χ2n) is 2.23. The van der Waals surface area contributed by atoms with Crippen molar-refractivity contribution >= 4 is 11.7 Å². The number of nitrogens with two attached hydrogens (primary N) is 1. The minimum atomic E-state index is -0.674.